The monoisotopic (exact) mass is 383 g/mol. The predicted molar refractivity (Wildman–Crippen MR) is 93.0 cm³/mol. The summed E-state index contributed by atoms with van der Waals surface area (Å²) in [5.41, 5.74) is 1.14. The lowest BCUT2D eigenvalue weighted by Crippen LogP contribution is -2.07. The summed E-state index contributed by atoms with van der Waals surface area (Å²) in [5.74, 6) is -0.867. The number of carboxylic acid groups (broad SMARTS) is 1. The third kappa shape index (κ3) is 3.00. The van der Waals surface area contributed by atoms with E-state index in [1.807, 2.05) is 0 Å². The van der Waals surface area contributed by atoms with E-state index in [2.05, 4.69) is 10.2 Å². The quantitative estimate of drug-likeness (QED) is 0.422. The average Bonchev–Trinajstić information content (AvgIpc) is 3.32. The van der Waals surface area contributed by atoms with Gasteiger partial charge in [-0.3, -0.25) is 10.1 Å². The maximum absolute atomic E-state index is 14.2. The molecule has 0 bridgehead atoms. The largest absolute Gasteiger partial charge is 0.463 e. The molecule has 3 aromatic heterocycles. The first-order chi connectivity index (χ1) is 13.4. The van der Waals surface area contributed by atoms with Gasteiger partial charge in [0, 0.05) is 29.6 Å². The minimum atomic E-state index is -1.24. The first kappa shape index (κ1) is 17.1. The molecule has 4 rings (SSSR count). The number of ether oxygens (including phenoxy) is 1. The van der Waals surface area contributed by atoms with Crippen LogP contribution in [-0.4, -0.2) is 35.5 Å². The number of non-ortho nitro benzene ring substituents is 1. The molecule has 3 heterocycles. The van der Waals surface area contributed by atoms with Gasteiger partial charge in [0.25, 0.3) is 5.69 Å². The van der Waals surface area contributed by atoms with Gasteiger partial charge in [-0.15, -0.1) is 0 Å². The summed E-state index contributed by atoms with van der Waals surface area (Å²) in [5, 5.41) is 27.6. The Morgan fingerprint density at radius 3 is 2.64 bits per heavy atom. The number of benzene rings is 1. The highest BCUT2D eigenvalue weighted by Crippen LogP contribution is 2.33. The normalized spacial score (nSPS) is 10.9. The molecular formula is C17H10FN5O5. The second-order valence-corrected chi connectivity index (χ2v) is 5.68. The minimum Gasteiger partial charge on any atom is -0.463 e. The van der Waals surface area contributed by atoms with Crippen LogP contribution in [0.4, 0.5) is 14.9 Å². The standard InChI is InChI=1S/C17H10FN5O5/c18-13-6-12(23(26)27)1-2-15(13)28-16-5-10(8-21-14(16)3-4-19-21)11-7-20-22(9-11)17(24)25/h1-9H,(H,24,25). The molecule has 0 aliphatic carbocycles. The van der Waals surface area contributed by atoms with Crippen molar-refractivity contribution in [3.05, 3.63) is 71.1 Å². The van der Waals surface area contributed by atoms with Gasteiger partial charge in [0.15, 0.2) is 17.3 Å². The van der Waals surface area contributed by atoms with Gasteiger partial charge in [-0.25, -0.2) is 13.7 Å². The SMILES string of the molecule is O=C(O)n1cc(-c2cc(Oc3ccc([N+](=O)[O-])cc3F)c3ccnn3c2)cn1. The number of pyridine rings is 1. The van der Waals surface area contributed by atoms with Crippen LogP contribution in [0.15, 0.2) is 55.1 Å². The summed E-state index contributed by atoms with van der Waals surface area (Å²) in [6, 6.07) is 6.27. The van der Waals surface area contributed by atoms with E-state index in [-0.39, 0.29) is 11.5 Å². The van der Waals surface area contributed by atoms with Crippen LogP contribution in [0.25, 0.3) is 16.6 Å². The summed E-state index contributed by atoms with van der Waals surface area (Å²) in [7, 11) is 0. The van der Waals surface area contributed by atoms with E-state index in [1.54, 1.807) is 18.3 Å². The number of halogens is 1. The molecule has 10 nitrogen and oxygen atoms in total. The Hall–Kier alpha value is -4.28. The zero-order valence-corrected chi connectivity index (χ0v) is 13.9. The maximum atomic E-state index is 14.2. The van der Waals surface area contributed by atoms with Crippen molar-refractivity contribution >= 4 is 17.3 Å². The van der Waals surface area contributed by atoms with Crippen molar-refractivity contribution in [2.75, 3.05) is 0 Å². The summed E-state index contributed by atoms with van der Waals surface area (Å²) in [4.78, 5) is 21.1. The molecule has 0 atom stereocenters. The number of nitro groups is 1. The predicted octanol–water partition coefficient (Wildman–Crippen LogP) is 3.56. The minimum absolute atomic E-state index is 0.202. The van der Waals surface area contributed by atoms with Crippen LogP contribution in [0.1, 0.15) is 0 Å². The lowest BCUT2D eigenvalue weighted by molar-refractivity contribution is -0.385. The summed E-state index contributed by atoms with van der Waals surface area (Å²) >= 11 is 0. The molecule has 4 aromatic rings. The second kappa shape index (κ2) is 6.46. The van der Waals surface area contributed by atoms with Gasteiger partial charge in [0.2, 0.25) is 0 Å². The van der Waals surface area contributed by atoms with Gasteiger partial charge in [-0.2, -0.15) is 14.9 Å². The Kier molecular flexibility index (Phi) is 3.96. The Morgan fingerprint density at radius 2 is 1.96 bits per heavy atom. The molecule has 0 saturated heterocycles. The van der Waals surface area contributed by atoms with Crippen LogP contribution < -0.4 is 4.74 Å². The van der Waals surface area contributed by atoms with Crippen LogP contribution >= 0.6 is 0 Å². The van der Waals surface area contributed by atoms with Crippen LogP contribution in [0, 0.1) is 15.9 Å². The number of fused-ring (bicyclic) bond motifs is 1. The van der Waals surface area contributed by atoms with E-state index in [0.29, 0.717) is 16.6 Å². The second-order valence-electron chi connectivity index (χ2n) is 5.68. The van der Waals surface area contributed by atoms with Gasteiger partial charge in [-0.05, 0) is 18.2 Å². The fraction of sp³-hybridized carbons (Fsp3) is 0. The highest BCUT2D eigenvalue weighted by Gasteiger charge is 2.16. The van der Waals surface area contributed by atoms with Crippen molar-refractivity contribution in [1.82, 2.24) is 19.4 Å². The van der Waals surface area contributed by atoms with Crippen molar-refractivity contribution in [1.29, 1.82) is 0 Å². The van der Waals surface area contributed by atoms with Gasteiger partial charge in [-0.1, -0.05) is 0 Å². The first-order valence-corrected chi connectivity index (χ1v) is 7.80. The van der Waals surface area contributed by atoms with Crippen LogP contribution in [-0.2, 0) is 0 Å². The molecule has 0 radical (unpaired) electrons. The number of nitrogens with zero attached hydrogens (tertiary/aromatic N) is 5. The molecule has 0 amide bonds. The van der Waals surface area contributed by atoms with Crippen LogP contribution in [0.5, 0.6) is 11.5 Å². The topological polar surface area (TPSA) is 125 Å². The molecule has 0 unspecified atom stereocenters. The maximum Gasteiger partial charge on any atom is 0.432 e. The molecule has 28 heavy (non-hydrogen) atoms. The molecule has 0 aliphatic rings. The van der Waals surface area contributed by atoms with E-state index in [0.717, 1.165) is 22.9 Å². The lowest BCUT2D eigenvalue weighted by atomic mass is 10.1. The molecule has 140 valence electrons. The fourth-order valence-corrected chi connectivity index (χ4v) is 2.62. The first-order valence-electron chi connectivity index (χ1n) is 7.80. The van der Waals surface area contributed by atoms with E-state index in [9.17, 15) is 19.3 Å². The van der Waals surface area contributed by atoms with Gasteiger partial charge < -0.3 is 9.84 Å². The van der Waals surface area contributed by atoms with E-state index >= 15 is 0 Å². The number of carbonyl (C=O) groups is 1. The highest BCUT2D eigenvalue weighted by atomic mass is 19.1. The van der Waals surface area contributed by atoms with Crippen LogP contribution in [0.2, 0.25) is 0 Å². The van der Waals surface area contributed by atoms with Crippen molar-refractivity contribution in [2.24, 2.45) is 0 Å². The highest BCUT2D eigenvalue weighted by molar-refractivity contribution is 5.73. The molecule has 1 N–H and O–H groups in total. The molecule has 1 aromatic carbocycles. The number of hydrogen-bond donors (Lipinski definition) is 1. The Morgan fingerprint density at radius 1 is 1.14 bits per heavy atom. The number of nitro benzene ring substituents is 1. The molecule has 0 fully saturated rings. The van der Waals surface area contributed by atoms with Crippen LogP contribution in [0.3, 0.4) is 0 Å². The fourth-order valence-electron chi connectivity index (χ4n) is 2.62. The Bertz CT molecular complexity index is 1230. The molecule has 11 heteroatoms. The third-order valence-corrected chi connectivity index (χ3v) is 3.93. The van der Waals surface area contributed by atoms with Gasteiger partial charge in [0.05, 0.1) is 23.4 Å². The zero-order chi connectivity index (χ0) is 19.8. The molecule has 0 spiro atoms. The zero-order valence-electron chi connectivity index (χ0n) is 13.9. The van der Waals surface area contributed by atoms with Crippen molar-refractivity contribution in [3.63, 3.8) is 0 Å². The summed E-state index contributed by atoms with van der Waals surface area (Å²) < 4.78 is 22.1. The smallest absolute Gasteiger partial charge is 0.432 e. The van der Waals surface area contributed by atoms with E-state index in [4.69, 9.17) is 9.84 Å². The Labute approximate surface area is 155 Å². The van der Waals surface area contributed by atoms with E-state index in [1.165, 1.54) is 23.1 Å². The number of hydrogen-bond acceptors (Lipinski definition) is 6. The van der Waals surface area contributed by atoms with E-state index < -0.39 is 22.5 Å². The Balaban J connectivity index is 1.77. The summed E-state index contributed by atoms with van der Waals surface area (Å²) in [6.45, 7) is 0. The van der Waals surface area contributed by atoms with Crippen molar-refractivity contribution in [2.45, 2.75) is 0 Å². The third-order valence-electron chi connectivity index (χ3n) is 3.93. The molecule has 0 saturated carbocycles. The van der Waals surface area contributed by atoms with Crippen molar-refractivity contribution < 1.29 is 24.0 Å². The van der Waals surface area contributed by atoms with Gasteiger partial charge in [0.1, 0.15) is 5.52 Å². The number of aromatic nitrogens is 4. The van der Waals surface area contributed by atoms with Crippen molar-refractivity contribution in [3.8, 4) is 22.6 Å². The summed E-state index contributed by atoms with van der Waals surface area (Å²) in [6.07, 6.45) is 4.57. The van der Waals surface area contributed by atoms with Gasteiger partial charge >= 0.3 is 6.09 Å². The molecule has 0 aliphatic heterocycles. The number of rotatable bonds is 4. The lowest BCUT2D eigenvalue weighted by Gasteiger charge is -2.10. The average molecular weight is 383 g/mol. The molecular weight excluding hydrogens is 373 g/mol.